The molecule has 0 spiro atoms. The minimum absolute atomic E-state index is 0.00565. The summed E-state index contributed by atoms with van der Waals surface area (Å²) in [6.45, 7) is 9.55. The molecule has 0 bridgehead atoms. The smallest absolute Gasteiger partial charge is 0.133 e. The molecule has 0 rings (SSSR count). The number of rotatable bonds is 6. The second-order valence-corrected chi connectivity index (χ2v) is 2.98. The zero-order valence-corrected chi connectivity index (χ0v) is 8.22. The van der Waals surface area contributed by atoms with Crippen molar-refractivity contribution in [3.05, 3.63) is 17.5 Å². The summed E-state index contributed by atoms with van der Waals surface area (Å²) in [4.78, 5) is 5.08. The fourth-order valence-electron chi connectivity index (χ4n) is 0.753. The Kier molecular flexibility index (Phi) is 5.98. The molecule has 1 unspecified atom stereocenters. The van der Waals surface area contributed by atoms with Crippen LogP contribution >= 0.6 is 0 Å². The van der Waals surface area contributed by atoms with Gasteiger partial charge < -0.3 is 5.21 Å². The number of allylic oxidation sites excluding steroid dienone is 1. The monoisotopic (exact) mass is 173 g/mol. The molecule has 0 aromatic carbocycles. The third-order valence-corrected chi connectivity index (χ3v) is 1.72. The lowest BCUT2D eigenvalue weighted by Crippen LogP contribution is -3.04. The van der Waals surface area contributed by atoms with Crippen LogP contribution in [0.1, 0.15) is 40.0 Å². The molecule has 3 heteroatoms. The van der Waals surface area contributed by atoms with Crippen molar-refractivity contribution >= 4 is 0 Å². The molecule has 0 aromatic rings. The van der Waals surface area contributed by atoms with Crippen molar-refractivity contribution in [1.82, 2.24) is 0 Å². The van der Waals surface area contributed by atoms with E-state index < -0.39 is 0 Å². The molecule has 72 valence electrons. The standard InChI is InChI=1S/C9H19NO2/c1-5-7-8(3)10(11)12-9(4)6-2/h9-10H,3,5-7H2,1-2,4H3/t9-/m0/s1. The van der Waals surface area contributed by atoms with E-state index in [0.29, 0.717) is 5.70 Å². The number of hydrogen-bond donors (Lipinski definition) is 1. The Morgan fingerprint density at radius 1 is 1.58 bits per heavy atom. The first-order valence-corrected chi connectivity index (χ1v) is 4.50. The molecule has 12 heavy (non-hydrogen) atoms. The molecule has 0 aliphatic rings. The van der Waals surface area contributed by atoms with Crippen molar-refractivity contribution < 1.29 is 10.1 Å². The summed E-state index contributed by atoms with van der Waals surface area (Å²) < 4.78 is 0. The second kappa shape index (κ2) is 6.17. The Bertz CT molecular complexity index is 136. The van der Waals surface area contributed by atoms with E-state index in [1.807, 2.05) is 20.8 Å². The molecular formula is C9H19NO2. The van der Waals surface area contributed by atoms with E-state index >= 15 is 0 Å². The highest BCUT2D eigenvalue weighted by Crippen LogP contribution is 1.95. The van der Waals surface area contributed by atoms with Crippen LogP contribution in [-0.4, -0.2) is 6.10 Å². The van der Waals surface area contributed by atoms with Gasteiger partial charge in [0.25, 0.3) is 0 Å². The van der Waals surface area contributed by atoms with Crippen molar-refractivity contribution in [3.8, 4) is 0 Å². The Labute approximate surface area is 74.5 Å². The molecule has 1 N–H and O–H groups in total. The summed E-state index contributed by atoms with van der Waals surface area (Å²) in [7, 11) is 0. The van der Waals surface area contributed by atoms with Crippen LogP contribution < -0.4 is 5.23 Å². The highest BCUT2D eigenvalue weighted by molar-refractivity contribution is 4.77. The van der Waals surface area contributed by atoms with Crippen LogP contribution in [-0.2, 0) is 4.84 Å². The largest absolute Gasteiger partial charge is 0.595 e. The summed E-state index contributed by atoms with van der Waals surface area (Å²) in [6.07, 6.45) is 2.53. The van der Waals surface area contributed by atoms with Gasteiger partial charge in [0, 0.05) is 6.42 Å². The van der Waals surface area contributed by atoms with Crippen LogP contribution in [0.25, 0.3) is 0 Å². The van der Waals surface area contributed by atoms with E-state index in [2.05, 4.69) is 6.58 Å². The number of hydroxylamine groups is 2. The molecular weight excluding hydrogens is 154 g/mol. The molecule has 0 aliphatic heterocycles. The molecule has 0 heterocycles. The number of hydrogen-bond acceptors (Lipinski definition) is 2. The Morgan fingerprint density at radius 2 is 2.17 bits per heavy atom. The van der Waals surface area contributed by atoms with Gasteiger partial charge in [-0.3, -0.25) is 0 Å². The second-order valence-electron chi connectivity index (χ2n) is 2.98. The van der Waals surface area contributed by atoms with E-state index in [-0.39, 0.29) is 11.3 Å². The van der Waals surface area contributed by atoms with Gasteiger partial charge in [-0.2, -0.15) is 10.1 Å². The zero-order chi connectivity index (χ0) is 9.56. The molecule has 2 atom stereocenters. The van der Waals surface area contributed by atoms with Gasteiger partial charge in [0.05, 0.1) is 0 Å². The third kappa shape index (κ3) is 4.49. The molecule has 0 saturated carbocycles. The minimum Gasteiger partial charge on any atom is -0.595 e. The number of nitrogens with one attached hydrogen (secondary N) is 1. The van der Waals surface area contributed by atoms with Crippen LogP contribution in [0.2, 0.25) is 0 Å². The first-order valence-electron chi connectivity index (χ1n) is 4.50. The fraction of sp³-hybridized carbons (Fsp3) is 0.778. The van der Waals surface area contributed by atoms with E-state index in [1.54, 1.807) is 0 Å². The van der Waals surface area contributed by atoms with Gasteiger partial charge >= 0.3 is 0 Å². The molecule has 0 aliphatic carbocycles. The summed E-state index contributed by atoms with van der Waals surface area (Å²) >= 11 is 0. The number of quaternary nitrogens is 1. The summed E-state index contributed by atoms with van der Waals surface area (Å²) in [6, 6.07) is 0. The van der Waals surface area contributed by atoms with E-state index in [4.69, 9.17) is 4.84 Å². The average Bonchev–Trinajstić information content (AvgIpc) is 2.04. The van der Waals surface area contributed by atoms with Crippen LogP contribution in [0.3, 0.4) is 0 Å². The lowest BCUT2D eigenvalue weighted by atomic mass is 10.3. The maximum Gasteiger partial charge on any atom is 0.133 e. The molecule has 0 saturated heterocycles. The Balaban J connectivity index is 3.70. The quantitative estimate of drug-likeness (QED) is 0.617. The zero-order valence-electron chi connectivity index (χ0n) is 8.22. The molecule has 0 fully saturated rings. The maximum absolute atomic E-state index is 11.2. The maximum atomic E-state index is 11.2. The summed E-state index contributed by atoms with van der Waals surface area (Å²) in [5.74, 6) is 0. The highest BCUT2D eigenvalue weighted by atomic mass is 16.9. The molecule has 0 aromatic heterocycles. The van der Waals surface area contributed by atoms with Gasteiger partial charge in [-0.15, -0.1) is 0 Å². The van der Waals surface area contributed by atoms with Crippen LogP contribution in [0.4, 0.5) is 0 Å². The predicted molar refractivity (Wildman–Crippen MR) is 49.2 cm³/mol. The fourth-order valence-corrected chi connectivity index (χ4v) is 0.753. The van der Waals surface area contributed by atoms with E-state index in [0.717, 1.165) is 19.3 Å². The van der Waals surface area contributed by atoms with E-state index in [9.17, 15) is 5.21 Å². The molecule has 3 nitrogen and oxygen atoms in total. The van der Waals surface area contributed by atoms with Gasteiger partial charge in [0.15, 0.2) is 0 Å². The lowest BCUT2D eigenvalue weighted by molar-refractivity contribution is -1.03. The van der Waals surface area contributed by atoms with Crippen molar-refractivity contribution in [2.75, 3.05) is 0 Å². The average molecular weight is 173 g/mol. The van der Waals surface area contributed by atoms with Crippen molar-refractivity contribution in [2.24, 2.45) is 0 Å². The van der Waals surface area contributed by atoms with Crippen molar-refractivity contribution in [3.63, 3.8) is 0 Å². The summed E-state index contributed by atoms with van der Waals surface area (Å²) in [5, 5.41) is 10.9. The molecule has 0 radical (unpaired) electrons. The van der Waals surface area contributed by atoms with Gasteiger partial charge in [0.1, 0.15) is 11.8 Å². The first kappa shape index (κ1) is 11.6. The first-order chi connectivity index (χ1) is 5.61. The SMILES string of the molecule is C=C(CCC)[NH+]([O-])O[C@@H](C)CC. The summed E-state index contributed by atoms with van der Waals surface area (Å²) in [5.41, 5.74) is 0.581. The van der Waals surface area contributed by atoms with Gasteiger partial charge in [-0.25, -0.2) is 0 Å². The van der Waals surface area contributed by atoms with E-state index in [1.165, 1.54) is 0 Å². The van der Waals surface area contributed by atoms with Crippen LogP contribution in [0.15, 0.2) is 12.3 Å². The highest BCUT2D eigenvalue weighted by Gasteiger charge is 2.08. The van der Waals surface area contributed by atoms with Gasteiger partial charge in [-0.1, -0.05) is 13.8 Å². The minimum atomic E-state index is -0.244. The normalized spacial score (nSPS) is 15.7. The lowest BCUT2D eigenvalue weighted by Gasteiger charge is -2.23. The van der Waals surface area contributed by atoms with Gasteiger partial charge in [0.2, 0.25) is 0 Å². The molecule has 0 amide bonds. The van der Waals surface area contributed by atoms with Crippen LogP contribution in [0, 0.1) is 5.21 Å². The van der Waals surface area contributed by atoms with Crippen LogP contribution in [0.5, 0.6) is 0 Å². The Morgan fingerprint density at radius 3 is 2.58 bits per heavy atom. The third-order valence-electron chi connectivity index (χ3n) is 1.72. The topological polar surface area (TPSA) is 36.7 Å². The van der Waals surface area contributed by atoms with Crippen molar-refractivity contribution in [2.45, 2.75) is 46.1 Å². The predicted octanol–water partition coefficient (Wildman–Crippen LogP) is 1.41. The Hall–Kier alpha value is -0.380. The van der Waals surface area contributed by atoms with Gasteiger partial charge in [-0.05, 0) is 26.3 Å². The van der Waals surface area contributed by atoms with Crippen molar-refractivity contribution in [1.29, 1.82) is 0 Å².